The molecule has 0 saturated carbocycles. The SMILES string of the molecule is O=C(N[C@@H]1CCOc2ccccc21)[C@@H]1CC(=O)N(c2cc(F)cc(F)c2)C1. The van der Waals surface area contributed by atoms with Gasteiger partial charge in [0.25, 0.3) is 0 Å². The minimum Gasteiger partial charge on any atom is -0.493 e. The van der Waals surface area contributed by atoms with Crippen molar-refractivity contribution in [2.45, 2.75) is 18.9 Å². The van der Waals surface area contributed by atoms with Crippen molar-refractivity contribution in [3.63, 3.8) is 0 Å². The highest BCUT2D eigenvalue weighted by Gasteiger charge is 2.36. The topological polar surface area (TPSA) is 58.6 Å². The number of nitrogens with zero attached hydrogens (tertiary/aromatic N) is 1. The molecule has 0 bridgehead atoms. The molecule has 1 fully saturated rings. The number of benzene rings is 2. The number of halogens is 2. The Hall–Kier alpha value is -2.96. The molecule has 1 N–H and O–H groups in total. The molecule has 4 rings (SSSR count). The van der Waals surface area contributed by atoms with Gasteiger partial charge in [-0.2, -0.15) is 0 Å². The van der Waals surface area contributed by atoms with Crippen LogP contribution in [0.5, 0.6) is 5.75 Å². The zero-order valence-corrected chi connectivity index (χ0v) is 14.5. The Balaban J connectivity index is 1.47. The van der Waals surface area contributed by atoms with Crippen LogP contribution in [0.4, 0.5) is 14.5 Å². The number of para-hydroxylation sites is 1. The minimum atomic E-state index is -0.760. The van der Waals surface area contributed by atoms with Gasteiger partial charge in [-0.05, 0) is 18.2 Å². The van der Waals surface area contributed by atoms with Crippen molar-refractivity contribution in [2.24, 2.45) is 5.92 Å². The van der Waals surface area contributed by atoms with Crippen molar-refractivity contribution in [2.75, 3.05) is 18.1 Å². The van der Waals surface area contributed by atoms with E-state index in [0.29, 0.717) is 13.0 Å². The van der Waals surface area contributed by atoms with Gasteiger partial charge in [0.1, 0.15) is 17.4 Å². The van der Waals surface area contributed by atoms with Crippen LogP contribution in [0.25, 0.3) is 0 Å². The Morgan fingerprint density at radius 3 is 2.67 bits per heavy atom. The van der Waals surface area contributed by atoms with Gasteiger partial charge < -0.3 is 15.0 Å². The molecule has 2 aliphatic heterocycles. The maximum atomic E-state index is 13.4. The minimum absolute atomic E-state index is 0.00876. The Kier molecular flexibility index (Phi) is 4.51. The molecule has 2 atom stereocenters. The van der Waals surface area contributed by atoms with Gasteiger partial charge in [-0.1, -0.05) is 18.2 Å². The Morgan fingerprint density at radius 2 is 1.89 bits per heavy atom. The fourth-order valence-corrected chi connectivity index (χ4v) is 3.61. The van der Waals surface area contributed by atoms with E-state index >= 15 is 0 Å². The van der Waals surface area contributed by atoms with Crippen LogP contribution in [-0.4, -0.2) is 25.0 Å². The van der Waals surface area contributed by atoms with Crippen LogP contribution in [0.15, 0.2) is 42.5 Å². The lowest BCUT2D eigenvalue weighted by atomic mass is 9.99. The van der Waals surface area contributed by atoms with Crippen molar-refractivity contribution in [1.29, 1.82) is 0 Å². The molecule has 140 valence electrons. The number of hydrogen-bond acceptors (Lipinski definition) is 3. The molecule has 2 aromatic rings. The van der Waals surface area contributed by atoms with E-state index in [2.05, 4.69) is 5.32 Å². The molecule has 2 aliphatic rings. The molecule has 7 heteroatoms. The van der Waals surface area contributed by atoms with Crippen LogP contribution in [0, 0.1) is 17.6 Å². The van der Waals surface area contributed by atoms with E-state index in [1.165, 1.54) is 4.90 Å². The second kappa shape index (κ2) is 6.98. The second-order valence-corrected chi connectivity index (χ2v) is 6.77. The number of ether oxygens (including phenoxy) is 1. The predicted octanol–water partition coefficient (Wildman–Crippen LogP) is 2.96. The van der Waals surface area contributed by atoms with E-state index < -0.39 is 17.6 Å². The molecule has 0 aromatic heterocycles. The van der Waals surface area contributed by atoms with Crippen molar-refractivity contribution in [1.82, 2.24) is 5.32 Å². The molecular weight excluding hydrogens is 354 g/mol. The molecule has 0 unspecified atom stereocenters. The van der Waals surface area contributed by atoms with Gasteiger partial charge in [-0.25, -0.2) is 8.78 Å². The molecule has 0 spiro atoms. The summed E-state index contributed by atoms with van der Waals surface area (Å²) in [6.07, 6.45) is 0.650. The Bertz CT molecular complexity index is 882. The lowest BCUT2D eigenvalue weighted by molar-refractivity contribution is -0.127. The third-order valence-corrected chi connectivity index (χ3v) is 4.93. The Labute approximate surface area is 154 Å². The number of nitrogens with one attached hydrogen (secondary N) is 1. The molecule has 5 nitrogen and oxygen atoms in total. The number of fused-ring (bicyclic) bond motifs is 1. The van der Waals surface area contributed by atoms with E-state index in [9.17, 15) is 18.4 Å². The first kappa shape index (κ1) is 17.5. The normalized spacial score (nSPS) is 21.6. The number of carbonyl (C=O) groups is 2. The molecule has 2 aromatic carbocycles. The summed E-state index contributed by atoms with van der Waals surface area (Å²) in [4.78, 5) is 26.2. The third-order valence-electron chi connectivity index (χ3n) is 4.93. The smallest absolute Gasteiger partial charge is 0.227 e. The average Bonchev–Trinajstić information content (AvgIpc) is 3.03. The Morgan fingerprint density at radius 1 is 1.15 bits per heavy atom. The highest BCUT2D eigenvalue weighted by molar-refractivity contribution is 6.00. The van der Waals surface area contributed by atoms with Gasteiger partial charge in [0.05, 0.1) is 18.6 Å². The monoisotopic (exact) mass is 372 g/mol. The van der Waals surface area contributed by atoms with Crippen LogP contribution in [0.2, 0.25) is 0 Å². The number of anilines is 1. The van der Waals surface area contributed by atoms with Crippen molar-refractivity contribution in [3.05, 3.63) is 59.7 Å². The van der Waals surface area contributed by atoms with Crippen molar-refractivity contribution >= 4 is 17.5 Å². The molecule has 0 aliphatic carbocycles. The summed E-state index contributed by atoms with van der Waals surface area (Å²) in [5.41, 5.74) is 1.04. The van der Waals surface area contributed by atoms with Gasteiger partial charge >= 0.3 is 0 Å². The van der Waals surface area contributed by atoms with Crippen LogP contribution < -0.4 is 15.0 Å². The van der Waals surface area contributed by atoms with Gasteiger partial charge in [-0.3, -0.25) is 9.59 Å². The van der Waals surface area contributed by atoms with Gasteiger partial charge in [-0.15, -0.1) is 0 Å². The van der Waals surface area contributed by atoms with Gasteiger partial charge in [0.15, 0.2) is 0 Å². The van der Waals surface area contributed by atoms with Crippen LogP contribution in [0.3, 0.4) is 0 Å². The zero-order chi connectivity index (χ0) is 19.0. The lowest BCUT2D eigenvalue weighted by Crippen LogP contribution is -2.37. The summed E-state index contributed by atoms with van der Waals surface area (Å²) < 4.78 is 32.5. The predicted molar refractivity (Wildman–Crippen MR) is 94.3 cm³/mol. The molecule has 27 heavy (non-hydrogen) atoms. The van der Waals surface area contributed by atoms with Crippen molar-refractivity contribution < 1.29 is 23.1 Å². The third kappa shape index (κ3) is 3.49. The van der Waals surface area contributed by atoms with Crippen molar-refractivity contribution in [3.8, 4) is 5.75 Å². The summed E-state index contributed by atoms with van der Waals surface area (Å²) in [6, 6.07) is 10.3. The molecule has 0 radical (unpaired) electrons. The first-order valence-electron chi connectivity index (χ1n) is 8.80. The van der Waals surface area contributed by atoms with E-state index in [-0.39, 0.29) is 36.5 Å². The number of hydrogen-bond donors (Lipinski definition) is 1. The highest BCUT2D eigenvalue weighted by Crippen LogP contribution is 2.33. The first-order valence-corrected chi connectivity index (χ1v) is 8.80. The summed E-state index contributed by atoms with van der Waals surface area (Å²) in [5, 5.41) is 2.99. The van der Waals surface area contributed by atoms with Gasteiger partial charge in [0.2, 0.25) is 11.8 Å². The van der Waals surface area contributed by atoms with E-state index in [4.69, 9.17) is 4.74 Å². The standard InChI is InChI=1S/C20H18F2N2O3/c21-13-8-14(22)10-15(9-13)24-11-12(7-19(24)25)20(26)23-17-5-6-27-18-4-2-1-3-16(17)18/h1-4,8-10,12,17H,5-7,11H2,(H,23,26)/t12-,17-/m1/s1. The number of amides is 2. The van der Waals surface area contributed by atoms with Crippen LogP contribution >= 0.6 is 0 Å². The number of rotatable bonds is 3. The lowest BCUT2D eigenvalue weighted by Gasteiger charge is -2.27. The zero-order valence-electron chi connectivity index (χ0n) is 14.5. The van der Waals surface area contributed by atoms with Gasteiger partial charge in [0, 0.05) is 36.7 Å². The summed E-state index contributed by atoms with van der Waals surface area (Å²) in [6.45, 7) is 0.596. The maximum Gasteiger partial charge on any atom is 0.227 e. The fourth-order valence-electron chi connectivity index (χ4n) is 3.61. The quantitative estimate of drug-likeness (QED) is 0.901. The summed E-state index contributed by atoms with van der Waals surface area (Å²) in [7, 11) is 0. The molecular formula is C20H18F2N2O3. The molecule has 2 amide bonds. The van der Waals surface area contributed by atoms with Crippen LogP contribution in [0.1, 0.15) is 24.4 Å². The second-order valence-electron chi connectivity index (χ2n) is 6.77. The average molecular weight is 372 g/mol. The van der Waals surface area contributed by atoms with Crippen LogP contribution in [-0.2, 0) is 9.59 Å². The number of carbonyl (C=O) groups excluding carboxylic acids is 2. The van der Waals surface area contributed by atoms with E-state index in [1.807, 2.05) is 24.3 Å². The van der Waals surface area contributed by atoms with E-state index in [0.717, 1.165) is 29.5 Å². The fraction of sp³-hybridized carbons (Fsp3) is 0.300. The van der Waals surface area contributed by atoms with E-state index in [1.54, 1.807) is 0 Å². The maximum absolute atomic E-state index is 13.4. The first-order chi connectivity index (χ1) is 13.0. The molecule has 1 saturated heterocycles. The molecule has 2 heterocycles. The summed E-state index contributed by atoms with van der Waals surface area (Å²) >= 11 is 0. The highest BCUT2D eigenvalue weighted by atomic mass is 19.1. The summed E-state index contributed by atoms with van der Waals surface area (Å²) in [5.74, 6) is -1.92. The largest absolute Gasteiger partial charge is 0.493 e.